The molecule has 7 heteroatoms. The highest BCUT2D eigenvalue weighted by Gasteiger charge is 2.48. The number of rotatable bonds is 8. The summed E-state index contributed by atoms with van der Waals surface area (Å²) in [5, 5.41) is 1.07. The Kier molecular flexibility index (Phi) is 6.86. The predicted molar refractivity (Wildman–Crippen MR) is 136 cm³/mol. The quantitative estimate of drug-likeness (QED) is 0.275. The van der Waals surface area contributed by atoms with Gasteiger partial charge in [0.15, 0.2) is 6.79 Å². The van der Waals surface area contributed by atoms with Gasteiger partial charge in [-0.25, -0.2) is 0 Å². The van der Waals surface area contributed by atoms with Gasteiger partial charge in [-0.05, 0) is 62.8 Å². The Labute approximate surface area is 210 Å². The zero-order chi connectivity index (χ0) is 24.6. The average Bonchev–Trinajstić information content (AvgIpc) is 3.29. The van der Waals surface area contributed by atoms with Crippen molar-refractivity contribution in [3.05, 3.63) is 58.5 Å². The second-order valence-corrected chi connectivity index (χ2v) is 10.9. The second-order valence-electron chi connectivity index (χ2n) is 9.84. The number of carbonyl (C=O) groups excluding carboxylic acids is 1. The number of methoxy groups -OCH3 is 2. The fourth-order valence-corrected chi connectivity index (χ4v) is 6.64. The average molecular weight is 497 g/mol. The largest absolute Gasteiger partial charge is 0.487 e. The van der Waals surface area contributed by atoms with E-state index in [1.54, 1.807) is 14.2 Å². The summed E-state index contributed by atoms with van der Waals surface area (Å²) in [5.41, 5.74) is 1.19. The van der Waals surface area contributed by atoms with Crippen LogP contribution < -0.4 is 9.47 Å². The van der Waals surface area contributed by atoms with E-state index in [0.717, 1.165) is 34.9 Å². The third kappa shape index (κ3) is 4.70. The van der Waals surface area contributed by atoms with Crippen molar-refractivity contribution >= 4 is 27.2 Å². The summed E-state index contributed by atoms with van der Waals surface area (Å²) >= 11 is 1.50. The van der Waals surface area contributed by atoms with E-state index in [2.05, 4.69) is 13.8 Å². The van der Waals surface area contributed by atoms with Gasteiger partial charge < -0.3 is 23.7 Å². The number of thiophene rings is 1. The number of hydrogen-bond acceptors (Lipinski definition) is 7. The molecule has 2 aromatic carbocycles. The fourth-order valence-electron chi connectivity index (χ4n) is 5.62. The van der Waals surface area contributed by atoms with Crippen LogP contribution in [0.3, 0.4) is 0 Å². The number of fused-ring (bicyclic) bond motifs is 4. The van der Waals surface area contributed by atoms with Gasteiger partial charge in [0.1, 0.15) is 23.9 Å². The van der Waals surface area contributed by atoms with Crippen LogP contribution in [-0.2, 0) is 14.2 Å². The van der Waals surface area contributed by atoms with Crippen molar-refractivity contribution in [1.82, 2.24) is 0 Å². The van der Waals surface area contributed by atoms with E-state index >= 15 is 0 Å². The standard InChI is InChI=1S/C28H32O6S/c1-28(2)21-10-9-19(32-15-30-3)14-20(21)26-22(33-16-31-4)11-18(12-23(26)34-28)27(29)25-13-17-7-5-6-8-24(17)35-25/h5-8,11-13,19-21H,9-10,14-16H2,1-4H3/t19-,20-,21-/m1/s1. The fraction of sp³-hybridized carbons (Fsp3) is 0.464. The van der Waals surface area contributed by atoms with Crippen molar-refractivity contribution < 1.29 is 28.5 Å². The number of benzene rings is 2. The zero-order valence-electron chi connectivity index (χ0n) is 20.7. The third-order valence-electron chi connectivity index (χ3n) is 7.21. The van der Waals surface area contributed by atoms with Gasteiger partial charge in [0.25, 0.3) is 0 Å². The lowest BCUT2D eigenvalue weighted by atomic mass is 9.65. The smallest absolute Gasteiger partial charge is 0.203 e. The summed E-state index contributed by atoms with van der Waals surface area (Å²) in [6, 6.07) is 13.7. The maximum Gasteiger partial charge on any atom is 0.203 e. The molecule has 1 aromatic heterocycles. The first kappa shape index (κ1) is 24.3. The molecule has 1 aliphatic heterocycles. The molecule has 1 saturated carbocycles. The van der Waals surface area contributed by atoms with Crippen LogP contribution in [0.15, 0.2) is 42.5 Å². The van der Waals surface area contributed by atoms with Crippen LogP contribution in [-0.4, -0.2) is 45.3 Å². The number of carbonyl (C=O) groups is 1. The third-order valence-corrected chi connectivity index (χ3v) is 8.32. The van der Waals surface area contributed by atoms with E-state index in [1.165, 1.54) is 11.3 Å². The summed E-state index contributed by atoms with van der Waals surface area (Å²) < 4.78 is 30.1. The summed E-state index contributed by atoms with van der Waals surface area (Å²) in [7, 11) is 3.24. The Morgan fingerprint density at radius 1 is 1.09 bits per heavy atom. The van der Waals surface area contributed by atoms with Gasteiger partial charge in [0.2, 0.25) is 5.78 Å². The van der Waals surface area contributed by atoms with Gasteiger partial charge in [-0.2, -0.15) is 0 Å². The number of hydrogen-bond donors (Lipinski definition) is 0. The predicted octanol–water partition coefficient (Wildman–Crippen LogP) is 6.16. The van der Waals surface area contributed by atoms with Crippen LogP contribution >= 0.6 is 11.3 Å². The molecule has 2 aliphatic rings. The molecular weight excluding hydrogens is 464 g/mol. The highest BCUT2D eigenvalue weighted by Crippen LogP contribution is 2.55. The normalized spacial score (nSPS) is 22.8. The van der Waals surface area contributed by atoms with Crippen molar-refractivity contribution in [1.29, 1.82) is 0 Å². The molecule has 0 saturated heterocycles. The molecule has 0 unspecified atom stereocenters. The molecular formula is C28H32O6S. The van der Waals surface area contributed by atoms with Crippen molar-refractivity contribution in [2.45, 2.75) is 50.7 Å². The second kappa shape index (κ2) is 9.90. The maximum atomic E-state index is 13.6. The molecule has 0 bridgehead atoms. The summed E-state index contributed by atoms with van der Waals surface area (Å²) in [6.07, 6.45) is 2.90. The van der Waals surface area contributed by atoms with Gasteiger partial charge in [0.05, 0.1) is 11.0 Å². The lowest BCUT2D eigenvalue weighted by Crippen LogP contribution is -2.48. The minimum atomic E-state index is -0.373. The Morgan fingerprint density at radius 2 is 1.89 bits per heavy atom. The van der Waals surface area contributed by atoms with E-state index in [4.69, 9.17) is 23.7 Å². The van der Waals surface area contributed by atoms with Crippen LogP contribution in [0.25, 0.3) is 10.1 Å². The van der Waals surface area contributed by atoms with Gasteiger partial charge in [-0.15, -0.1) is 11.3 Å². The lowest BCUT2D eigenvalue weighted by molar-refractivity contribution is -0.105. The Balaban J connectivity index is 1.56. The molecule has 0 spiro atoms. The first-order valence-corrected chi connectivity index (χ1v) is 12.9. The molecule has 0 amide bonds. The first-order chi connectivity index (χ1) is 16.9. The molecule has 1 aliphatic carbocycles. The summed E-state index contributed by atoms with van der Waals surface area (Å²) in [4.78, 5) is 14.3. The molecule has 3 atom stereocenters. The molecule has 0 radical (unpaired) electrons. The molecule has 2 heterocycles. The molecule has 35 heavy (non-hydrogen) atoms. The van der Waals surface area contributed by atoms with Crippen LogP contribution in [0.4, 0.5) is 0 Å². The molecule has 1 fully saturated rings. The van der Waals surface area contributed by atoms with E-state index in [1.807, 2.05) is 42.5 Å². The Bertz CT molecular complexity index is 1180. The number of ketones is 1. The van der Waals surface area contributed by atoms with Crippen molar-refractivity contribution in [2.24, 2.45) is 5.92 Å². The Morgan fingerprint density at radius 3 is 2.66 bits per heavy atom. The van der Waals surface area contributed by atoms with Crippen molar-refractivity contribution in [2.75, 3.05) is 27.8 Å². The topological polar surface area (TPSA) is 63.2 Å². The minimum absolute atomic E-state index is 0.0373. The number of ether oxygens (including phenoxy) is 5. The van der Waals surface area contributed by atoms with Crippen LogP contribution in [0.5, 0.6) is 11.5 Å². The van der Waals surface area contributed by atoms with Crippen molar-refractivity contribution in [3.63, 3.8) is 0 Å². The lowest BCUT2D eigenvalue weighted by Gasteiger charge is -2.49. The van der Waals surface area contributed by atoms with Gasteiger partial charge in [-0.3, -0.25) is 4.79 Å². The Hall–Kier alpha value is -2.45. The van der Waals surface area contributed by atoms with Crippen LogP contribution in [0, 0.1) is 5.92 Å². The van der Waals surface area contributed by atoms with Gasteiger partial charge in [-0.1, -0.05) is 18.2 Å². The molecule has 186 valence electrons. The van der Waals surface area contributed by atoms with Crippen LogP contribution in [0.1, 0.15) is 59.8 Å². The molecule has 5 rings (SSSR count). The summed E-state index contributed by atoms with van der Waals surface area (Å²) in [6.45, 7) is 4.65. The molecule has 3 aromatic rings. The summed E-state index contributed by atoms with van der Waals surface area (Å²) in [5.74, 6) is 1.81. The van der Waals surface area contributed by atoms with E-state index < -0.39 is 0 Å². The van der Waals surface area contributed by atoms with E-state index in [-0.39, 0.29) is 37.0 Å². The van der Waals surface area contributed by atoms with Gasteiger partial charge in [0, 0.05) is 41.9 Å². The van der Waals surface area contributed by atoms with Gasteiger partial charge >= 0.3 is 0 Å². The van der Waals surface area contributed by atoms with Crippen LogP contribution in [0.2, 0.25) is 0 Å². The highest BCUT2D eigenvalue weighted by molar-refractivity contribution is 7.21. The maximum absolute atomic E-state index is 13.6. The van der Waals surface area contributed by atoms with Crippen molar-refractivity contribution in [3.8, 4) is 11.5 Å². The highest BCUT2D eigenvalue weighted by atomic mass is 32.1. The minimum Gasteiger partial charge on any atom is -0.487 e. The monoisotopic (exact) mass is 496 g/mol. The first-order valence-electron chi connectivity index (χ1n) is 12.0. The molecule has 6 nitrogen and oxygen atoms in total. The van der Waals surface area contributed by atoms with E-state index in [9.17, 15) is 4.79 Å². The zero-order valence-corrected chi connectivity index (χ0v) is 21.5. The SMILES string of the molecule is COCOc1cc(C(=O)c2cc3ccccc3s2)cc2c1[C@@H]1C[C@H](OCOC)CC[C@H]1C(C)(C)O2. The van der Waals surface area contributed by atoms with E-state index in [0.29, 0.717) is 27.9 Å². The molecule has 0 N–H and O–H groups in total.